The Morgan fingerprint density at radius 1 is 0.833 bits per heavy atom. The van der Waals surface area contributed by atoms with Gasteiger partial charge in [-0.1, -0.05) is 108 Å². The zero-order valence-corrected chi connectivity index (χ0v) is 29.5. The van der Waals surface area contributed by atoms with Crippen LogP contribution in [0.1, 0.15) is 72.6 Å². The number of hydrogen-bond donors (Lipinski definition) is 0. The van der Waals surface area contributed by atoms with Gasteiger partial charge in [0.2, 0.25) is 0 Å². The summed E-state index contributed by atoms with van der Waals surface area (Å²) in [7, 11) is -0.694. The van der Waals surface area contributed by atoms with E-state index in [2.05, 4.69) is 45.2 Å². The average Bonchev–Trinajstić information content (AvgIpc) is 2.79. The molecule has 2 heterocycles. The van der Waals surface area contributed by atoms with E-state index in [1.54, 1.807) is 6.92 Å². The Bertz CT molecular complexity index is 656. The van der Waals surface area contributed by atoms with Crippen LogP contribution in [0.4, 0.5) is 0 Å². The van der Waals surface area contributed by atoms with E-state index in [1.165, 1.54) is 49.1 Å². The van der Waals surface area contributed by atoms with Crippen molar-refractivity contribution in [2.75, 3.05) is 19.8 Å². The second kappa shape index (κ2) is 19.4. The molecule has 0 saturated carbocycles. The largest absolute Gasteiger partial charge is 0.465 e. The molecule has 0 aromatic carbocycles. The zero-order chi connectivity index (χ0) is 27.0. The molecule has 0 N–H and O–H groups in total. The van der Waals surface area contributed by atoms with E-state index >= 15 is 0 Å². The molecule has 2 fully saturated rings. The number of ether oxygens (including phenoxy) is 3. The lowest BCUT2D eigenvalue weighted by Crippen LogP contribution is -2.35. The normalized spacial score (nSPS) is 18.8. The van der Waals surface area contributed by atoms with E-state index < -0.39 is 12.2 Å². The van der Waals surface area contributed by atoms with Crippen LogP contribution in [0.5, 0.6) is 0 Å². The van der Waals surface area contributed by atoms with E-state index in [0.29, 0.717) is 32.7 Å². The SMILES string of the molecule is CCC(I)C(=O)OCCC[SiH]1CCC1.CCOC(=O)C(C)(I)CC(CC)C(=O)OCCC[SiH]1CCC1. The van der Waals surface area contributed by atoms with Crippen LogP contribution in [0.25, 0.3) is 0 Å². The summed E-state index contributed by atoms with van der Waals surface area (Å²) in [6.45, 7) is 9.15. The second-order valence-electron chi connectivity index (χ2n) is 10.3. The molecule has 2 rings (SSSR count). The Labute approximate surface area is 249 Å². The van der Waals surface area contributed by atoms with Gasteiger partial charge < -0.3 is 14.2 Å². The van der Waals surface area contributed by atoms with Crippen molar-refractivity contribution in [2.45, 2.75) is 116 Å². The molecule has 0 amide bonds. The molecule has 3 atom stereocenters. The topological polar surface area (TPSA) is 78.9 Å². The van der Waals surface area contributed by atoms with Crippen molar-refractivity contribution < 1.29 is 28.6 Å². The number of carbonyl (C=O) groups is 3. The molecule has 2 aliphatic heterocycles. The predicted molar refractivity (Wildman–Crippen MR) is 169 cm³/mol. The first-order valence-corrected chi connectivity index (χ1v) is 21.2. The fraction of sp³-hybridized carbons (Fsp3) is 0.885. The number of alkyl halides is 2. The first-order chi connectivity index (χ1) is 17.1. The lowest BCUT2D eigenvalue weighted by atomic mass is 9.93. The quantitative estimate of drug-likeness (QED) is 0.0447. The highest BCUT2D eigenvalue weighted by Gasteiger charge is 2.36. The summed E-state index contributed by atoms with van der Waals surface area (Å²) in [5.74, 6) is -0.668. The summed E-state index contributed by atoms with van der Waals surface area (Å²) in [5, 5.41) is 0. The molecule has 36 heavy (non-hydrogen) atoms. The summed E-state index contributed by atoms with van der Waals surface area (Å²) in [5.41, 5.74) is 0. The summed E-state index contributed by atoms with van der Waals surface area (Å²) < 4.78 is 15.1. The Morgan fingerprint density at radius 2 is 1.33 bits per heavy atom. The van der Waals surface area contributed by atoms with Crippen molar-refractivity contribution in [3.63, 3.8) is 0 Å². The van der Waals surface area contributed by atoms with Gasteiger partial charge in [-0.15, -0.1) is 0 Å². The molecule has 0 aliphatic carbocycles. The van der Waals surface area contributed by atoms with E-state index in [4.69, 9.17) is 14.2 Å². The van der Waals surface area contributed by atoms with Gasteiger partial charge in [0.25, 0.3) is 0 Å². The van der Waals surface area contributed by atoms with Crippen LogP contribution in [-0.2, 0) is 28.6 Å². The zero-order valence-electron chi connectivity index (χ0n) is 22.8. The van der Waals surface area contributed by atoms with Crippen LogP contribution < -0.4 is 0 Å². The van der Waals surface area contributed by atoms with Gasteiger partial charge in [-0.2, -0.15) is 0 Å². The van der Waals surface area contributed by atoms with Crippen LogP contribution in [0.2, 0.25) is 36.3 Å². The average molecular weight is 767 g/mol. The minimum atomic E-state index is -0.674. The molecule has 0 bridgehead atoms. The number of rotatable bonds is 16. The maximum Gasteiger partial charge on any atom is 0.321 e. The third kappa shape index (κ3) is 13.9. The van der Waals surface area contributed by atoms with Gasteiger partial charge in [0, 0.05) is 17.6 Å². The molecule has 0 radical (unpaired) electrons. The standard InChI is InChI=1S/C16H29IO4Si.C10H19IO2Si/c1-4-13(12-16(3,17)15(19)20-5-2)14(18)21-8-6-9-22-10-7-11-22;1-2-9(11)10(12)13-5-3-6-14-7-4-8-14/h13,22H,4-12H2,1-3H3;9,14H,2-8H2,1H3. The molecular weight excluding hydrogens is 718 g/mol. The van der Waals surface area contributed by atoms with E-state index in [-0.39, 0.29) is 36.5 Å². The number of hydrogen-bond acceptors (Lipinski definition) is 6. The molecular formula is C26H48I2O6Si2. The molecule has 2 aliphatic rings. The summed E-state index contributed by atoms with van der Waals surface area (Å²) in [4.78, 5) is 35.4. The van der Waals surface area contributed by atoms with Gasteiger partial charge in [0.1, 0.15) is 7.35 Å². The number of carbonyl (C=O) groups excluding carboxylic acids is 3. The maximum atomic E-state index is 12.2. The molecule has 0 aromatic rings. The molecule has 0 aromatic heterocycles. The van der Waals surface area contributed by atoms with Crippen LogP contribution in [-0.4, -0.2) is 62.7 Å². The molecule has 210 valence electrons. The minimum absolute atomic E-state index is 0.0247. The Kier molecular flexibility index (Phi) is 18.5. The van der Waals surface area contributed by atoms with E-state index in [1.807, 2.05) is 20.8 Å². The highest BCUT2D eigenvalue weighted by atomic mass is 127. The smallest absolute Gasteiger partial charge is 0.321 e. The van der Waals surface area contributed by atoms with Gasteiger partial charge in [-0.25, -0.2) is 0 Å². The summed E-state index contributed by atoms with van der Waals surface area (Å²) in [6, 6.07) is 8.67. The monoisotopic (exact) mass is 766 g/mol. The van der Waals surface area contributed by atoms with Gasteiger partial charge in [-0.05, 0) is 46.0 Å². The highest BCUT2D eigenvalue weighted by Crippen LogP contribution is 2.31. The fourth-order valence-corrected chi connectivity index (χ4v) is 9.73. The summed E-state index contributed by atoms with van der Waals surface area (Å²) >= 11 is 4.24. The fourth-order valence-electron chi connectivity index (χ4n) is 4.25. The van der Waals surface area contributed by atoms with Crippen LogP contribution in [0, 0.1) is 5.92 Å². The van der Waals surface area contributed by atoms with Gasteiger partial charge in [-0.3, -0.25) is 14.4 Å². The number of esters is 3. The van der Waals surface area contributed by atoms with Crippen molar-refractivity contribution in [3.8, 4) is 0 Å². The second-order valence-corrected chi connectivity index (χ2v) is 21.1. The summed E-state index contributed by atoms with van der Waals surface area (Å²) in [6.07, 6.45) is 7.03. The molecule has 10 heteroatoms. The highest BCUT2D eigenvalue weighted by molar-refractivity contribution is 14.1. The minimum Gasteiger partial charge on any atom is -0.465 e. The Hall–Kier alpha value is 0.304. The lowest BCUT2D eigenvalue weighted by molar-refractivity contribution is -0.151. The first kappa shape index (κ1) is 34.3. The third-order valence-corrected chi connectivity index (χ3v) is 16.8. The molecule has 2 saturated heterocycles. The van der Waals surface area contributed by atoms with Crippen molar-refractivity contribution in [3.05, 3.63) is 0 Å². The van der Waals surface area contributed by atoms with E-state index in [9.17, 15) is 14.4 Å². The third-order valence-electron chi connectivity index (χ3n) is 7.22. The molecule has 6 nitrogen and oxygen atoms in total. The predicted octanol–water partition coefficient (Wildman–Crippen LogP) is 6.49. The van der Waals surface area contributed by atoms with Crippen molar-refractivity contribution in [2.24, 2.45) is 5.92 Å². The van der Waals surface area contributed by atoms with Crippen LogP contribution >= 0.6 is 45.2 Å². The number of halogens is 2. The molecule has 3 unspecified atom stereocenters. The van der Waals surface area contributed by atoms with Crippen LogP contribution in [0.3, 0.4) is 0 Å². The Balaban J connectivity index is 0.000000397. The van der Waals surface area contributed by atoms with Gasteiger partial charge >= 0.3 is 17.9 Å². The Morgan fingerprint density at radius 3 is 1.72 bits per heavy atom. The first-order valence-electron chi connectivity index (χ1n) is 14.0. The van der Waals surface area contributed by atoms with E-state index in [0.717, 1.165) is 19.3 Å². The van der Waals surface area contributed by atoms with Crippen molar-refractivity contribution in [1.82, 2.24) is 0 Å². The van der Waals surface area contributed by atoms with Gasteiger partial charge in [0.05, 0.1) is 25.7 Å². The molecule has 0 spiro atoms. The van der Waals surface area contributed by atoms with Crippen LogP contribution in [0.15, 0.2) is 0 Å². The van der Waals surface area contributed by atoms with Gasteiger partial charge in [0.15, 0.2) is 0 Å². The van der Waals surface area contributed by atoms with Crippen molar-refractivity contribution >= 4 is 80.7 Å². The maximum absolute atomic E-state index is 12.2. The van der Waals surface area contributed by atoms with Crippen molar-refractivity contribution in [1.29, 1.82) is 0 Å². The lowest BCUT2D eigenvalue weighted by Gasteiger charge is -2.25.